The zero-order chi connectivity index (χ0) is 14.8. The maximum Gasteiger partial charge on any atom is 0.0481 e. The predicted molar refractivity (Wildman–Crippen MR) is 87.0 cm³/mol. The van der Waals surface area contributed by atoms with E-state index in [1.165, 1.54) is 30.4 Å². The van der Waals surface area contributed by atoms with Crippen molar-refractivity contribution >= 4 is 0 Å². The summed E-state index contributed by atoms with van der Waals surface area (Å²) >= 11 is 0. The smallest absolute Gasteiger partial charge is 0.0481 e. The van der Waals surface area contributed by atoms with Gasteiger partial charge in [0.2, 0.25) is 0 Å². The standard InChI is InChI=1S/C18H30N2/c1-5-18(6-2,20(3)4)17(19)16-12-8-11-15(13-16)14-9-7-10-14/h8,11-14,17H,5-7,9-10,19H2,1-4H3. The molecular weight excluding hydrogens is 244 g/mol. The van der Waals surface area contributed by atoms with Gasteiger partial charge < -0.3 is 10.6 Å². The summed E-state index contributed by atoms with van der Waals surface area (Å²) in [6.45, 7) is 4.50. The second-order valence-electron chi connectivity index (χ2n) is 6.48. The molecular formula is C18H30N2. The van der Waals surface area contributed by atoms with Crippen molar-refractivity contribution in [2.75, 3.05) is 14.1 Å². The molecule has 1 aromatic rings. The Balaban J connectivity index is 2.29. The maximum absolute atomic E-state index is 6.68. The quantitative estimate of drug-likeness (QED) is 0.847. The Bertz CT molecular complexity index is 431. The molecule has 0 aliphatic heterocycles. The van der Waals surface area contributed by atoms with Crippen molar-refractivity contribution in [3.63, 3.8) is 0 Å². The molecule has 1 aliphatic carbocycles. The van der Waals surface area contributed by atoms with Gasteiger partial charge in [0, 0.05) is 11.6 Å². The Kier molecular flexibility index (Phi) is 4.87. The SMILES string of the molecule is CCC(CC)(C(N)c1cccc(C2CCC2)c1)N(C)C. The minimum absolute atomic E-state index is 0.0538. The van der Waals surface area contributed by atoms with Crippen LogP contribution in [0.15, 0.2) is 24.3 Å². The van der Waals surface area contributed by atoms with Crippen LogP contribution in [0.2, 0.25) is 0 Å². The largest absolute Gasteiger partial charge is 0.322 e. The van der Waals surface area contributed by atoms with Crippen LogP contribution in [0.3, 0.4) is 0 Å². The monoisotopic (exact) mass is 274 g/mol. The Hall–Kier alpha value is -0.860. The van der Waals surface area contributed by atoms with Crippen molar-refractivity contribution in [3.8, 4) is 0 Å². The third-order valence-electron chi connectivity index (χ3n) is 5.54. The third kappa shape index (κ3) is 2.64. The highest BCUT2D eigenvalue weighted by Crippen LogP contribution is 2.39. The number of rotatable bonds is 6. The second kappa shape index (κ2) is 6.28. The molecule has 112 valence electrons. The van der Waals surface area contributed by atoms with E-state index in [2.05, 4.69) is 57.1 Å². The molecule has 2 rings (SSSR count). The van der Waals surface area contributed by atoms with E-state index >= 15 is 0 Å². The van der Waals surface area contributed by atoms with E-state index in [0.717, 1.165) is 18.8 Å². The molecule has 1 fully saturated rings. The van der Waals surface area contributed by atoms with Gasteiger partial charge in [0.05, 0.1) is 0 Å². The first-order valence-electron chi connectivity index (χ1n) is 8.08. The number of hydrogen-bond donors (Lipinski definition) is 1. The van der Waals surface area contributed by atoms with Gasteiger partial charge in [0.1, 0.15) is 0 Å². The van der Waals surface area contributed by atoms with E-state index in [4.69, 9.17) is 5.73 Å². The van der Waals surface area contributed by atoms with E-state index in [-0.39, 0.29) is 11.6 Å². The van der Waals surface area contributed by atoms with Crippen molar-refractivity contribution in [3.05, 3.63) is 35.4 Å². The molecule has 1 atom stereocenters. The van der Waals surface area contributed by atoms with Gasteiger partial charge in [-0.25, -0.2) is 0 Å². The van der Waals surface area contributed by atoms with Crippen molar-refractivity contribution < 1.29 is 0 Å². The molecule has 0 bridgehead atoms. The molecule has 1 saturated carbocycles. The summed E-state index contributed by atoms with van der Waals surface area (Å²) in [4.78, 5) is 2.31. The van der Waals surface area contributed by atoms with Crippen molar-refractivity contribution in [2.24, 2.45) is 5.73 Å². The molecule has 0 amide bonds. The molecule has 1 aliphatic rings. The molecule has 0 aromatic heterocycles. The van der Waals surface area contributed by atoms with Crippen LogP contribution in [0.5, 0.6) is 0 Å². The lowest BCUT2D eigenvalue weighted by Gasteiger charge is -2.44. The second-order valence-corrected chi connectivity index (χ2v) is 6.48. The average Bonchev–Trinajstić information content (AvgIpc) is 2.38. The summed E-state index contributed by atoms with van der Waals surface area (Å²) in [5, 5.41) is 0. The number of nitrogens with zero attached hydrogens (tertiary/aromatic N) is 1. The highest BCUT2D eigenvalue weighted by atomic mass is 15.2. The zero-order valence-corrected chi connectivity index (χ0v) is 13.5. The van der Waals surface area contributed by atoms with Gasteiger partial charge in [0.25, 0.3) is 0 Å². The topological polar surface area (TPSA) is 29.3 Å². The predicted octanol–water partition coefficient (Wildman–Crippen LogP) is 4.07. The van der Waals surface area contributed by atoms with Crippen LogP contribution in [0, 0.1) is 0 Å². The average molecular weight is 274 g/mol. The lowest BCUT2D eigenvalue weighted by molar-refractivity contribution is 0.106. The Labute approximate surface area is 124 Å². The molecule has 2 N–H and O–H groups in total. The molecule has 0 heterocycles. The van der Waals surface area contributed by atoms with Gasteiger partial charge in [0.15, 0.2) is 0 Å². The normalized spacial score (nSPS) is 18.1. The fourth-order valence-corrected chi connectivity index (χ4v) is 3.66. The summed E-state index contributed by atoms with van der Waals surface area (Å²) in [7, 11) is 4.31. The molecule has 0 radical (unpaired) electrons. The minimum atomic E-state index is 0.0538. The van der Waals surface area contributed by atoms with Gasteiger partial charge in [-0.3, -0.25) is 0 Å². The summed E-state index contributed by atoms with van der Waals surface area (Å²) in [6, 6.07) is 9.10. The van der Waals surface area contributed by atoms with Crippen LogP contribution < -0.4 is 5.73 Å². The number of nitrogens with two attached hydrogens (primary N) is 1. The van der Waals surface area contributed by atoms with E-state index < -0.39 is 0 Å². The van der Waals surface area contributed by atoms with Crippen molar-refractivity contribution in [1.29, 1.82) is 0 Å². The lowest BCUT2D eigenvalue weighted by Crippen LogP contribution is -2.51. The summed E-state index contributed by atoms with van der Waals surface area (Å²) in [5.74, 6) is 0.777. The van der Waals surface area contributed by atoms with E-state index in [1.54, 1.807) is 0 Å². The van der Waals surface area contributed by atoms with Crippen molar-refractivity contribution in [1.82, 2.24) is 4.90 Å². The fourth-order valence-electron chi connectivity index (χ4n) is 3.66. The van der Waals surface area contributed by atoms with Gasteiger partial charge in [-0.15, -0.1) is 0 Å². The Morgan fingerprint density at radius 1 is 1.25 bits per heavy atom. The number of benzene rings is 1. The molecule has 0 saturated heterocycles. The molecule has 0 spiro atoms. The Morgan fingerprint density at radius 2 is 1.90 bits per heavy atom. The van der Waals surface area contributed by atoms with Crippen LogP contribution in [-0.2, 0) is 0 Å². The first kappa shape index (κ1) is 15.5. The minimum Gasteiger partial charge on any atom is -0.322 e. The summed E-state index contributed by atoms with van der Waals surface area (Å²) in [6.07, 6.45) is 6.22. The fraction of sp³-hybridized carbons (Fsp3) is 0.667. The summed E-state index contributed by atoms with van der Waals surface area (Å²) < 4.78 is 0. The highest BCUT2D eigenvalue weighted by molar-refractivity contribution is 5.31. The molecule has 20 heavy (non-hydrogen) atoms. The third-order valence-corrected chi connectivity index (χ3v) is 5.54. The molecule has 1 unspecified atom stereocenters. The first-order valence-corrected chi connectivity index (χ1v) is 8.08. The maximum atomic E-state index is 6.68. The number of likely N-dealkylation sites (N-methyl/N-ethyl adjacent to an activating group) is 1. The van der Waals surface area contributed by atoms with Crippen LogP contribution in [0.4, 0.5) is 0 Å². The van der Waals surface area contributed by atoms with Crippen LogP contribution in [0.1, 0.15) is 69.0 Å². The van der Waals surface area contributed by atoms with Crippen LogP contribution in [-0.4, -0.2) is 24.5 Å². The number of hydrogen-bond acceptors (Lipinski definition) is 2. The van der Waals surface area contributed by atoms with E-state index in [9.17, 15) is 0 Å². The lowest BCUT2D eigenvalue weighted by atomic mass is 9.76. The molecule has 2 heteroatoms. The van der Waals surface area contributed by atoms with Gasteiger partial charge in [-0.1, -0.05) is 44.5 Å². The highest BCUT2D eigenvalue weighted by Gasteiger charge is 2.36. The van der Waals surface area contributed by atoms with E-state index in [1.807, 2.05) is 0 Å². The van der Waals surface area contributed by atoms with E-state index in [0.29, 0.717) is 0 Å². The molecule has 2 nitrogen and oxygen atoms in total. The van der Waals surface area contributed by atoms with Gasteiger partial charge in [-0.2, -0.15) is 0 Å². The van der Waals surface area contributed by atoms with Gasteiger partial charge >= 0.3 is 0 Å². The van der Waals surface area contributed by atoms with Crippen molar-refractivity contribution in [2.45, 2.75) is 63.5 Å². The van der Waals surface area contributed by atoms with Gasteiger partial charge in [-0.05, 0) is 56.8 Å². The zero-order valence-electron chi connectivity index (χ0n) is 13.5. The molecule has 1 aromatic carbocycles. The van der Waals surface area contributed by atoms with Crippen LogP contribution >= 0.6 is 0 Å². The van der Waals surface area contributed by atoms with Crippen LogP contribution in [0.25, 0.3) is 0 Å². The summed E-state index contributed by atoms with van der Waals surface area (Å²) in [5.41, 5.74) is 9.52. The first-order chi connectivity index (χ1) is 9.55. The Morgan fingerprint density at radius 3 is 2.35 bits per heavy atom.